The first kappa shape index (κ1) is 14.8. The van der Waals surface area contributed by atoms with Gasteiger partial charge in [0, 0.05) is 5.69 Å². The van der Waals surface area contributed by atoms with Gasteiger partial charge >= 0.3 is 0 Å². The van der Waals surface area contributed by atoms with Crippen LogP contribution in [0, 0.1) is 0 Å². The van der Waals surface area contributed by atoms with Crippen LogP contribution < -0.4 is 10.1 Å². The molecule has 0 fully saturated rings. The van der Waals surface area contributed by atoms with E-state index in [1.165, 1.54) is 0 Å². The summed E-state index contributed by atoms with van der Waals surface area (Å²) in [5.41, 5.74) is 1.92. The van der Waals surface area contributed by atoms with Gasteiger partial charge in [-0.05, 0) is 29.8 Å². The molecule has 0 atom stereocenters. The van der Waals surface area contributed by atoms with Crippen LogP contribution in [0.2, 0.25) is 0 Å². The molecule has 21 heavy (non-hydrogen) atoms. The van der Waals surface area contributed by atoms with E-state index in [4.69, 9.17) is 9.84 Å². The van der Waals surface area contributed by atoms with Gasteiger partial charge < -0.3 is 15.2 Å². The Balaban J connectivity index is 2.13. The van der Waals surface area contributed by atoms with Crippen molar-refractivity contribution < 1.29 is 14.6 Å². The first-order valence-electron chi connectivity index (χ1n) is 6.58. The van der Waals surface area contributed by atoms with Crippen LogP contribution in [0.15, 0.2) is 61.2 Å². The highest BCUT2D eigenvalue weighted by Gasteiger charge is 2.12. The van der Waals surface area contributed by atoms with Crippen molar-refractivity contribution in [2.45, 2.75) is 6.61 Å². The second-order valence-corrected chi connectivity index (χ2v) is 4.41. The van der Waals surface area contributed by atoms with E-state index in [0.29, 0.717) is 23.6 Å². The van der Waals surface area contributed by atoms with E-state index in [-0.39, 0.29) is 12.5 Å². The third-order valence-corrected chi connectivity index (χ3v) is 2.88. The maximum Gasteiger partial charge on any atom is 0.259 e. The normalized spacial score (nSPS) is 9.95. The smallest absolute Gasteiger partial charge is 0.259 e. The number of rotatable bonds is 6. The molecule has 0 saturated heterocycles. The molecule has 2 aromatic rings. The monoisotopic (exact) mass is 283 g/mol. The molecule has 0 spiro atoms. The molecule has 2 rings (SSSR count). The van der Waals surface area contributed by atoms with Crippen molar-refractivity contribution in [3.05, 3.63) is 72.3 Å². The quantitative estimate of drug-likeness (QED) is 0.801. The maximum atomic E-state index is 12.3. The number of carbonyl (C=O) groups is 1. The lowest BCUT2D eigenvalue weighted by Crippen LogP contribution is -2.13. The lowest BCUT2D eigenvalue weighted by Gasteiger charge is -2.10. The van der Waals surface area contributed by atoms with Crippen molar-refractivity contribution >= 4 is 11.6 Å². The van der Waals surface area contributed by atoms with Crippen LogP contribution in [0.25, 0.3) is 0 Å². The summed E-state index contributed by atoms with van der Waals surface area (Å²) in [6, 6.07) is 14.1. The van der Waals surface area contributed by atoms with Crippen molar-refractivity contribution in [1.82, 2.24) is 0 Å². The Bertz CT molecular complexity index is 620. The van der Waals surface area contributed by atoms with Crippen LogP contribution in [0.1, 0.15) is 15.9 Å². The molecule has 108 valence electrons. The largest absolute Gasteiger partial charge is 0.489 e. The predicted octanol–water partition coefficient (Wildman–Crippen LogP) is 3.00. The number of carbonyl (C=O) groups excluding carboxylic acids is 1. The number of benzene rings is 2. The zero-order valence-electron chi connectivity index (χ0n) is 11.6. The third-order valence-electron chi connectivity index (χ3n) is 2.88. The van der Waals surface area contributed by atoms with E-state index in [0.717, 1.165) is 5.56 Å². The van der Waals surface area contributed by atoms with E-state index in [9.17, 15) is 4.79 Å². The zero-order chi connectivity index (χ0) is 15.1. The Labute approximate surface area is 123 Å². The van der Waals surface area contributed by atoms with Gasteiger partial charge in [0.1, 0.15) is 12.4 Å². The molecule has 2 aromatic carbocycles. The van der Waals surface area contributed by atoms with Crippen LogP contribution in [0.4, 0.5) is 5.69 Å². The summed E-state index contributed by atoms with van der Waals surface area (Å²) >= 11 is 0. The van der Waals surface area contributed by atoms with Gasteiger partial charge in [0.2, 0.25) is 0 Å². The fraction of sp³-hybridized carbons (Fsp3) is 0.118. The molecule has 1 amide bonds. The minimum atomic E-state index is -0.244. The molecule has 0 aliphatic carbocycles. The van der Waals surface area contributed by atoms with Gasteiger partial charge in [0.15, 0.2) is 0 Å². The van der Waals surface area contributed by atoms with Gasteiger partial charge in [0.25, 0.3) is 5.91 Å². The van der Waals surface area contributed by atoms with Gasteiger partial charge in [-0.1, -0.05) is 36.9 Å². The first-order chi connectivity index (χ1) is 10.2. The Morgan fingerprint density at radius 3 is 2.57 bits per heavy atom. The summed E-state index contributed by atoms with van der Waals surface area (Å²) in [4.78, 5) is 12.3. The van der Waals surface area contributed by atoms with E-state index in [2.05, 4.69) is 11.9 Å². The Hall–Kier alpha value is -2.59. The molecule has 2 N–H and O–H groups in total. The van der Waals surface area contributed by atoms with Crippen molar-refractivity contribution in [3.8, 4) is 5.75 Å². The summed E-state index contributed by atoms with van der Waals surface area (Å²) < 4.78 is 5.47. The van der Waals surface area contributed by atoms with E-state index >= 15 is 0 Å². The van der Waals surface area contributed by atoms with Gasteiger partial charge in [-0.25, -0.2) is 0 Å². The summed E-state index contributed by atoms with van der Waals surface area (Å²) in [6.45, 7) is 3.91. The molecule has 0 aliphatic rings. The molecule has 0 aromatic heterocycles. The van der Waals surface area contributed by atoms with Gasteiger partial charge in [0.05, 0.1) is 12.2 Å². The maximum absolute atomic E-state index is 12.3. The average molecular weight is 283 g/mol. The number of anilines is 1. The van der Waals surface area contributed by atoms with Crippen LogP contribution in [0.5, 0.6) is 5.75 Å². The lowest BCUT2D eigenvalue weighted by atomic mass is 10.1. The fourth-order valence-electron chi connectivity index (χ4n) is 1.82. The highest BCUT2D eigenvalue weighted by molar-refractivity contribution is 6.06. The molecule has 4 nitrogen and oxygen atoms in total. The van der Waals surface area contributed by atoms with Gasteiger partial charge in [-0.2, -0.15) is 0 Å². The van der Waals surface area contributed by atoms with Crippen LogP contribution in [-0.2, 0) is 6.61 Å². The van der Waals surface area contributed by atoms with Crippen molar-refractivity contribution in [2.75, 3.05) is 11.9 Å². The molecule has 0 aliphatic heterocycles. The van der Waals surface area contributed by atoms with Crippen LogP contribution in [0.3, 0.4) is 0 Å². The second-order valence-electron chi connectivity index (χ2n) is 4.41. The van der Waals surface area contributed by atoms with Gasteiger partial charge in [-0.3, -0.25) is 4.79 Å². The molecular weight excluding hydrogens is 266 g/mol. The SMILES string of the molecule is C=CCOc1ccccc1C(=O)Nc1ccc(CO)cc1. The summed E-state index contributed by atoms with van der Waals surface area (Å²) in [5.74, 6) is 0.272. The molecule has 0 heterocycles. The average Bonchev–Trinajstić information content (AvgIpc) is 2.54. The second kappa shape index (κ2) is 7.26. The van der Waals surface area contributed by atoms with Crippen LogP contribution in [-0.4, -0.2) is 17.6 Å². The topological polar surface area (TPSA) is 58.6 Å². The third kappa shape index (κ3) is 3.94. The molecule has 0 bridgehead atoms. The number of hydrogen-bond donors (Lipinski definition) is 2. The Morgan fingerprint density at radius 1 is 1.19 bits per heavy atom. The molecular formula is C17H17NO3. The van der Waals surface area contributed by atoms with E-state index in [1.54, 1.807) is 48.5 Å². The number of aliphatic hydroxyl groups excluding tert-OH is 1. The Kier molecular flexibility index (Phi) is 5.12. The molecule has 0 radical (unpaired) electrons. The molecule has 4 heteroatoms. The number of amides is 1. The van der Waals surface area contributed by atoms with Crippen LogP contribution >= 0.6 is 0 Å². The summed E-state index contributed by atoms with van der Waals surface area (Å²) in [7, 11) is 0. The Morgan fingerprint density at radius 2 is 1.90 bits per heavy atom. The predicted molar refractivity (Wildman–Crippen MR) is 82.5 cm³/mol. The number of hydrogen-bond acceptors (Lipinski definition) is 3. The van der Waals surface area contributed by atoms with E-state index in [1.807, 2.05) is 6.07 Å². The molecule has 0 unspecified atom stereocenters. The zero-order valence-corrected chi connectivity index (χ0v) is 11.6. The van der Waals surface area contributed by atoms with E-state index < -0.39 is 0 Å². The number of nitrogens with one attached hydrogen (secondary N) is 1. The van der Waals surface area contributed by atoms with Gasteiger partial charge in [-0.15, -0.1) is 0 Å². The minimum Gasteiger partial charge on any atom is -0.489 e. The van der Waals surface area contributed by atoms with Crippen molar-refractivity contribution in [2.24, 2.45) is 0 Å². The number of ether oxygens (including phenoxy) is 1. The number of aliphatic hydroxyl groups is 1. The highest BCUT2D eigenvalue weighted by Crippen LogP contribution is 2.20. The highest BCUT2D eigenvalue weighted by atomic mass is 16.5. The standard InChI is InChI=1S/C17H17NO3/c1-2-11-21-16-6-4-3-5-15(16)17(20)18-14-9-7-13(12-19)8-10-14/h2-10,19H,1,11-12H2,(H,18,20). The first-order valence-corrected chi connectivity index (χ1v) is 6.58. The fourth-order valence-corrected chi connectivity index (χ4v) is 1.82. The lowest BCUT2D eigenvalue weighted by molar-refractivity contribution is 0.102. The molecule has 0 saturated carbocycles. The van der Waals surface area contributed by atoms with Crippen molar-refractivity contribution in [1.29, 1.82) is 0 Å². The number of para-hydroxylation sites is 1. The minimum absolute atomic E-state index is 0.0214. The summed E-state index contributed by atoms with van der Waals surface area (Å²) in [6.07, 6.45) is 1.63. The summed E-state index contributed by atoms with van der Waals surface area (Å²) in [5, 5.41) is 11.8. The van der Waals surface area contributed by atoms with Crippen molar-refractivity contribution in [3.63, 3.8) is 0 Å².